The smallest absolute Gasteiger partial charge is 0.246 e. The number of nitrogens with two attached hydrogens (primary N) is 1. The zero-order chi connectivity index (χ0) is 12.0. The van der Waals surface area contributed by atoms with Crippen molar-refractivity contribution in [2.45, 2.75) is 32.2 Å². The molecule has 1 saturated carbocycles. The van der Waals surface area contributed by atoms with Crippen LogP contribution in [0.15, 0.2) is 5.16 Å². The second-order valence-corrected chi connectivity index (χ2v) is 3.87. The van der Waals surface area contributed by atoms with Crippen LogP contribution in [0.1, 0.15) is 26.2 Å². The number of amidine groups is 1. The summed E-state index contributed by atoms with van der Waals surface area (Å²) >= 11 is 0. The number of rotatable bonds is 5. The van der Waals surface area contributed by atoms with Gasteiger partial charge in [-0.1, -0.05) is 11.6 Å². The lowest BCUT2D eigenvalue weighted by Crippen LogP contribution is -2.43. The largest absolute Gasteiger partial charge is 0.409 e. The minimum Gasteiger partial charge on any atom is -0.409 e. The van der Waals surface area contributed by atoms with E-state index in [1.165, 1.54) is 0 Å². The molecular formula is C10H19N3O3. The quantitative estimate of drug-likeness (QED) is 0.269. The molecule has 0 heterocycles. The van der Waals surface area contributed by atoms with E-state index < -0.39 is 0 Å². The molecule has 2 atom stereocenters. The highest BCUT2D eigenvalue weighted by molar-refractivity contribution is 5.84. The first-order valence-corrected chi connectivity index (χ1v) is 5.53. The van der Waals surface area contributed by atoms with Crippen LogP contribution in [0.2, 0.25) is 0 Å². The topological polar surface area (TPSA) is 96.9 Å². The van der Waals surface area contributed by atoms with E-state index in [1.807, 2.05) is 6.92 Å². The molecule has 0 bridgehead atoms. The fourth-order valence-electron chi connectivity index (χ4n) is 2.00. The highest BCUT2D eigenvalue weighted by atomic mass is 16.5. The van der Waals surface area contributed by atoms with E-state index in [9.17, 15) is 4.79 Å². The summed E-state index contributed by atoms with van der Waals surface area (Å²) in [5.41, 5.74) is 5.56. The van der Waals surface area contributed by atoms with Gasteiger partial charge in [0.15, 0.2) is 0 Å². The average molecular weight is 229 g/mol. The molecule has 1 fully saturated rings. The first-order valence-electron chi connectivity index (χ1n) is 5.53. The standard InChI is InChI=1S/C10H19N3O3/c1-2-16-6-9(14)12-8-5-3-4-7(8)10(11)13-15/h7-8,15H,2-6H2,1H3,(H2,11,13)(H,12,14). The van der Waals surface area contributed by atoms with Gasteiger partial charge in [0.05, 0.1) is 0 Å². The zero-order valence-corrected chi connectivity index (χ0v) is 9.48. The Bertz CT molecular complexity index is 268. The Morgan fingerprint density at radius 2 is 2.38 bits per heavy atom. The summed E-state index contributed by atoms with van der Waals surface area (Å²) in [6.45, 7) is 2.42. The van der Waals surface area contributed by atoms with Gasteiger partial charge in [0.25, 0.3) is 0 Å². The molecule has 1 amide bonds. The lowest BCUT2D eigenvalue weighted by Gasteiger charge is -2.19. The molecule has 92 valence electrons. The molecule has 0 aromatic carbocycles. The summed E-state index contributed by atoms with van der Waals surface area (Å²) in [5.74, 6) is -0.0146. The molecule has 0 spiro atoms. The van der Waals surface area contributed by atoms with Gasteiger partial charge in [0, 0.05) is 18.6 Å². The SMILES string of the molecule is CCOCC(=O)NC1CCCC1C(N)=NO. The van der Waals surface area contributed by atoms with Gasteiger partial charge in [-0.25, -0.2) is 0 Å². The molecule has 16 heavy (non-hydrogen) atoms. The second kappa shape index (κ2) is 6.32. The van der Waals surface area contributed by atoms with Crippen LogP contribution in [0.25, 0.3) is 0 Å². The molecule has 2 unspecified atom stereocenters. The van der Waals surface area contributed by atoms with Gasteiger partial charge >= 0.3 is 0 Å². The van der Waals surface area contributed by atoms with Crippen LogP contribution in [-0.2, 0) is 9.53 Å². The first-order chi connectivity index (χ1) is 7.69. The lowest BCUT2D eigenvalue weighted by molar-refractivity contribution is -0.126. The molecule has 0 saturated heterocycles. The van der Waals surface area contributed by atoms with E-state index in [4.69, 9.17) is 15.7 Å². The van der Waals surface area contributed by atoms with Crippen molar-refractivity contribution in [3.63, 3.8) is 0 Å². The Kier molecular flexibility index (Phi) is 5.04. The third-order valence-corrected chi connectivity index (χ3v) is 2.79. The Balaban J connectivity index is 2.43. The molecule has 0 aromatic heterocycles. The molecule has 1 aliphatic carbocycles. The Morgan fingerprint density at radius 3 is 3.00 bits per heavy atom. The van der Waals surface area contributed by atoms with E-state index in [0.29, 0.717) is 6.61 Å². The number of hydrogen-bond donors (Lipinski definition) is 3. The van der Waals surface area contributed by atoms with Crippen molar-refractivity contribution in [1.82, 2.24) is 5.32 Å². The number of amides is 1. The van der Waals surface area contributed by atoms with E-state index in [0.717, 1.165) is 19.3 Å². The normalized spacial score (nSPS) is 25.7. The van der Waals surface area contributed by atoms with Gasteiger partial charge < -0.3 is 21.0 Å². The van der Waals surface area contributed by atoms with E-state index >= 15 is 0 Å². The van der Waals surface area contributed by atoms with Crippen molar-refractivity contribution >= 4 is 11.7 Å². The Labute approximate surface area is 94.8 Å². The predicted octanol–water partition coefficient (Wildman–Crippen LogP) is 0.0542. The predicted molar refractivity (Wildman–Crippen MR) is 59.2 cm³/mol. The molecular weight excluding hydrogens is 210 g/mol. The van der Waals surface area contributed by atoms with Crippen LogP contribution in [0, 0.1) is 5.92 Å². The monoisotopic (exact) mass is 229 g/mol. The minimum atomic E-state index is -0.149. The molecule has 0 aliphatic heterocycles. The minimum absolute atomic E-state index is 0.0381. The lowest BCUT2D eigenvalue weighted by atomic mass is 10.0. The van der Waals surface area contributed by atoms with Crippen molar-refractivity contribution in [2.75, 3.05) is 13.2 Å². The maximum absolute atomic E-state index is 11.4. The van der Waals surface area contributed by atoms with Crippen LogP contribution >= 0.6 is 0 Å². The second-order valence-electron chi connectivity index (χ2n) is 3.87. The van der Waals surface area contributed by atoms with Gasteiger partial charge in [-0.15, -0.1) is 0 Å². The number of carbonyl (C=O) groups is 1. The maximum atomic E-state index is 11.4. The summed E-state index contributed by atoms with van der Waals surface area (Å²) in [5, 5.41) is 14.5. The summed E-state index contributed by atoms with van der Waals surface area (Å²) in [6, 6.07) is -0.0381. The average Bonchev–Trinajstić information content (AvgIpc) is 2.73. The fourth-order valence-corrected chi connectivity index (χ4v) is 2.00. The first kappa shape index (κ1) is 12.8. The van der Waals surface area contributed by atoms with Gasteiger partial charge in [-0.05, 0) is 19.8 Å². The van der Waals surface area contributed by atoms with Crippen LogP contribution < -0.4 is 11.1 Å². The number of carbonyl (C=O) groups excluding carboxylic acids is 1. The Hall–Kier alpha value is -1.30. The number of nitrogens with one attached hydrogen (secondary N) is 1. The molecule has 6 heteroatoms. The van der Waals surface area contributed by atoms with Crippen molar-refractivity contribution < 1.29 is 14.7 Å². The summed E-state index contributed by atoms with van der Waals surface area (Å²) in [6.07, 6.45) is 2.68. The molecule has 1 rings (SSSR count). The van der Waals surface area contributed by atoms with Gasteiger partial charge in [-0.2, -0.15) is 0 Å². The van der Waals surface area contributed by atoms with E-state index in [-0.39, 0.29) is 30.3 Å². The van der Waals surface area contributed by atoms with Crippen molar-refractivity contribution in [3.8, 4) is 0 Å². The number of hydrogen-bond acceptors (Lipinski definition) is 4. The Morgan fingerprint density at radius 1 is 1.62 bits per heavy atom. The van der Waals surface area contributed by atoms with Crippen LogP contribution in [-0.4, -0.2) is 36.2 Å². The third-order valence-electron chi connectivity index (χ3n) is 2.79. The maximum Gasteiger partial charge on any atom is 0.246 e. The van der Waals surface area contributed by atoms with Crippen LogP contribution in [0.5, 0.6) is 0 Å². The molecule has 0 aromatic rings. The van der Waals surface area contributed by atoms with Gasteiger partial charge in [-0.3, -0.25) is 4.79 Å². The van der Waals surface area contributed by atoms with Gasteiger partial charge in [0.2, 0.25) is 5.91 Å². The molecule has 1 aliphatic rings. The number of ether oxygens (including phenoxy) is 1. The third kappa shape index (κ3) is 3.37. The number of nitrogens with zero attached hydrogens (tertiary/aromatic N) is 1. The molecule has 6 nitrogen and oxygen atoms in total. The zero-order valence-electron chi connectivity index (χ0n) is 9.48. The summed E-state index contributed by atoms with van der Waals surface area (Å²) in [4.78, 5) is 11.4. The van der Waals surface area contributed by atoms with E-state index in [2.05, 4.69) is 10.5 Å². The fraction of sp³-hybridized carbons (Fsp3) is 0.800. The van der Waals surface area contributed by atoms with Crippen molar-refractivity contribution in [1.29, 1.82) is 0 Å². The molecule has 0 radical (unpaired) electrons. The van der Waals surface area contributed by atoms with Crippen LogP contribution in [0.3, 0.4) is 0 Å². The summed E-state index contributed by atoms with van der Waals surface area (Å²) in [7, 11) is 0. The summed E-state index contributed by atoms with van der Waals surface area (Å²) < 4.78 is 5.00. The van der Waals surface area contributed by atoms with Crippen molar-refractivity contribution in [3.05, 3.63) is 0 Å². The number of oxime groups is 1. The van der Waals surface area contributed by atoms with E-state index in [1.54, 1.807) is 0 Å². The molecule has 4 N–H and O–H groups in total. The highest BCUT2D eigenvalue weighted by Crippen LogP contribution is 2.25. The van der Waals surface area contributed by atoms with Gasteiger partial charge in [0.1, 0.15) is 12.4 Å². The highest BCUT2D eigenvalue weighted by Gasteiger charge is 2.31. The van der Waals surface area contributed by atoms with Crippen LogP contribution in [0.4, 0.5) is 0 Å². The van der Waals surface area contributed by atoms with Crippen molar-refractivity contribution in [2.24, 2.45) is 16.8 Å².